The first-order valence-corrected chi connectivity index (χ1v) is 3.62. The van der Waals surface area contributed by atoms with E-state index in [0.717, 1.165) is 11.8 Å². The molecule has 2 saturated carbocycles. The quantitative estimate of drug-likeness (QED) is 0.527. The summed E-state index contributed by atoms with van der Waals surface area (Å²) in [6.07, 6.45) is 5.66. The maximum atomic E-state index is 5.82. The molecule has 9 heavy (non-hydrogen) atoms. The van der Waals surface area contributed by atoms with Crippen LogP contribution in [0.2, 0.25) is 0 Å². The van der Waals surface area contributed by atoms with Crippen molar-refractivity contribution in [3.05, 3.63) is 0 Å². The minimum absolute atomic E-state index is 0. The molecule has 2 N–H and O–H groups in total. The molecule has 0 aliphatic heterocycles. The Hall–Kier alpha value is 0.674. The standard InChI is InChI=1S/C7H13N.Ti/c8-7-4-5-1-2-6(7)3-5;/h5-7H,1-4,8H2;. The molecule has 50 valence electrons. The maximum Gasteiger partial charge on any atom is 0.00699 e. The molecular weight excluding hydrogens is 146 g/mol. The fraction of sp³-hybridized carbons (Fsp3) is 1.00. The van der Waals surface area contributed by atoms with Crippen molar-refractivity contribution in [1.29, 1.82) is 0 Å². The van der Waals surface area contributed by atoms with Crippen molar-refractivity contribution >= 4 is 0 Å². The van der Waals surface area contributed by atoms with Gasteiger partial charge in [0, 0.05) is 27.8 Å². The van der Waals surface area contributed by atoms with Crippen LogP contribution < -0.4 is 5.73 Å². The summed E-state index contributed by atoms with van der Waals surface area (Å²) < 4.78 is 0. The molecule has 1 nitrogen and oxygen atoms in total. The van der Waals surface area contributed by atoms with Crippen molar-refractivity contribution in [2.24, 2.45) is 17.6 Å². The maximum absolute atomic E-state index is 5.82. The second-order valence-electron chi connectivity index (χ2n) is 3.34. The minimum Gasteiger partial charge on any atom is -0.327 e. The summed E-state index contributed by atoms with van der Waals surface area (Å²) in [6.45, 7) is 0. The van der Waals surface area contributed by atoms with E-state index in [1.807, 2.05) is 0 Å². The molecule has 0 radical (unpaired) electrons. The van der Waals surface area contributed by atoms with E-state index >= 15 is 0 Å². The SMILES string of the molecule is NC1CC2CCC1C2.[Ti]. The molecule has 0 amide bonds. The van der Waals surface area contributed by atoms with Gasteiger partial charge in [0.25, 0.3) is 0 Å². The monoisotopic (exact) mass is 159 g/mol. The van der Waals surface area contributed by atoms with Crippen LogP contribution in [0.25, 0.3) is 0 Å². The molecular formula is C7H13NTi. The van der Waals surface area contributed by atoms with Crippen molar-refractivity contribution in [2.75, 3.05) is 0 Å². The minimum atomic E-state index is 0. The van der Waals surface area contributed by atoms with Crippen LogP contribution in [0.5, 0.6) is 0 Å². The van der Waals surface area contributed by atoms with Gasteiger partial charge in [0.1, 0.15) is 0 Å². The first-order valence-electron chi connectivity index (χ1n) is 3.62. The molecule has 3 atom stereocenters. The molecule has 0 aromatic carbocycles. The zero-order valence-corrected chi connectivity index (χ0v) is 7.20. The second kappa shape index (κ2) is 2.73. The van der Waals surface area contributed by atoms with Gasteiger partial charge >= 0.3 is 0 Å². The summed E-state index contributed by atoms with van der Waals surface area (Å²) in [7, 11) is 0. The van der Waals surface area contributed by atoms with E-state index in [1.165, 1.54) is 25.7 Å². The van der Waals surface area contributed by atoms with Crippen molar-refractivity contribution in [3.8, 4) is 0 Å². The van der Waals surface area contributed by atoms with Gasteiger partial charge in [-0.1, -0.05) is 6.42 Å². The summed E-state index contributed by atoms with van der Waals surface area (Å²) in [6, 6.07) is 0.578. The van der Waals surface area contributed by atoms with E-state index in [-0.39, 0.29) is 21.7 Å². The fourth-order valence-electron chi connectivity index (χ4n) is 2.29. The van der Waals surface area contributed by atoms with Crippen LogP contribution in [-0.2, 0) is 21.7 Å². The molecule has 0 spiro atoms. The number of hydrogen-bond acceptors (Lipinski definition) is 1. The number of fused-ring (bicyclic) bond motifs is 2. The first-order chi connectivity index (χ1) is 3.86. The van der Waals surface area contributed by atoms with Crippen LogP contribution in [0.4, 0.5) is 0 Å². The Morgan fingerprint density at radius 2 is 1.89 bits per heavy atom. The topological polar surface area (TPSA) is 26.0 Å². The largest absolute Gasteiger partial charge is 0.327 e. The summed E-state index contributed by atoms with van der Waals surface area (Å²) in [5.41, 5.74) is 5.82. The Kier molecular flexibility index (Phi) is 2.36. The summed E-state index contributed by atoms with van der Waals surface area (Å²) in [5.74, 6) is 1.94. The number of hydrogen-bond donors (Lipinski definition) is 1. The number of nitrogens with two attached hydrogens (primary N) is 1. The Balaban J connectivity index is 0.000000405. The van der Waals surface area contributed by atoms with Crippen LogP contribution in [-0.4, -0.2) is 6.04 Å². The van der Waals surface area contributed by atoms with Crippen LogP contribution in [0.1, 0.15) is 25.7 Å². The van der Waals surface area contributed by atoms with E-state index in [2.05, 4.69) is 0 Å². The van der Waals surface area contributed by atoms with Crippen LogP contribution in [0, 0.1) is 11.8 Å². The van der Waals surface area contributed by atoms with E-state index in [4.69, 9.17) is 5.73 Å². The molecule has 0 aromatic heterocycles. The fourth-order valence-corrected chi connectivity index (χ4v) is 2.29. The smallest absolute Gasteiger partial charge is 0.00699 e. The third kappa shape index (κ3) is 1.24. The van der Waals surface area contributed by atoms with Gasteiger partial charge in [0.15, 0.2) is 0 Å². The molecule has 2 rings (SSSR count). The summed E-state index contributed by atoms with van der Waals surface area (Å²) >= 11 is 0. The van der Waals surface area contributed by atoms with Crippen molar-refractivity contribution in [3.63, 3.8) is 0 Å². The normalized spacial score (nSPS) is 47.0. The van der Waals surface area contributed by atoms with E-state index in [9.17, 15) is 0 Å². The van der Waals surface area contributed by atoms with Gasteiger partial charge in [-0.15, -0.1) is 0 Å². The molecule has 0 aromatic rings. The van der Waals surface area contributed by atoms with Crippen molar-refractivity contribution < 1.29 is 21.7 Å². The van der Waals surface area contributed by atoms with E-state index < -0.39 is 0 Å². The average molecular weight is 159 g/mol. The average Bonchev–Trinajstić information content (AvgIpc) is 2.23. The van der Waals surface area contributed by atoms with Crippen molar-refractivity contribution in [1.82, 2.24) is 0 Å². The Morgan fingerprint density at radius 1 is 1.11 bits per heavy atom. The van der Waals surface area contributed by atoms with Crippen molar-refractivity contribution in [2.45, 2.75) is 31.7 Å². The zero-order valence-electron chi connectivity index (χ0n) is 5.64. The molecule has 0 heterocycles. The Bertz CT molecular complexity index is 103. The first kappa shape index (κ1) is 7.78. The third-order valence-electron chi connectivity index (χ3n) is 2.79. The van der Waals surface area contributed by atoms with Crippen LogP contribution in [0.3, 0.4) is 0 Å². The van der Waals surface area contributed by atoms with Crippen LogP contribution in [0.15, 0.2) is 0 Å². The predicted molar refractivity (Wildman–Crippen MR) is 33.4 cm³/mol. The van der Waals surface area contributed by atoms with Gasteiger partial charge < -0.3 is 5.73 Å². The second-order valence-corrected chi connectivity index (χ2v) is 3.34. The molecule has 2 aliphatic rings. The molecule has 2 aliphatic carbocycles. The van der Waals surface area contributed by atoms with E-state index in [1.54, 1.807) is 0 Å². The molecule has 2 bridgehead atoms. The third-order valence-corrected chi connectivity index (χ3v) is 2.79. The van der Waals surface area contributed by atoms with E-state index in [0.29, 0.717) is 6.04 Å². The molecule has 3 unspecified atom stereocenters. The predicted octanol–water partition coefficient (Wildman–Crippen LogP) is 1.13. The Morgan fingerprint density at radius 3 is 2.11 bits per heavy atom. The van der Waals surface area contributed by atoms with Gasteiger partial charge in [-0.25, -0.2) is 0 Å². The molecule has 2 heteroatoms. The Labute approximate surface area is 71.3 Å². The van der Waals surface area contributed by atoms with Crippen LogP contribution >= 0.6 is 0 Å². The molecule has 2 fully saturated rings. The van der Waals surface area contributed by atoms with Gasteiger partial charge in [0.2, 0.25) is 0 Å². The van der Waals surface area contributed by atoms with Gasteiger partial charge in [-0.3, -0.25) is 0 Å². The summed E-state index contributed by atoms with van der Waals surface area (Å²) in [5, 5.41) is 0. The number of rotatable bonds is 0. The molecule has 0 saturated heterocycles. The summed E-state index contributed by atoms with van der Waals surface area (Å²) in [4.78, 5) is 0. The van der Waals surface area contributed by atoms with Gasteiger partial charge in [-0.05, 0) is 31.1 Å². The van der Waals surface area contributed by atoms with Gasteiger partial charge in [-0.2, -0.15) is 0 Å². The zero-order chi connectivity index (χ0) is 5.56. The van der Waals surface area contributed by atoms with Gasteiger partial charge in [0.05, 0.1) is 0 Å².